The van der Waals surface area contributed by atoms with E-state index in [1.54, 1.807) is 0 Å². The van der Waals surface area contributed by atoms with Crippen molar-refractivity contribution in [2.24, 2.45) is 34.5 Å². The molecule has 2 spiro atoms. The van der Waals surface area contributed by atoms with Crippen molar-refractivity contribution in [3.8, 4) is 0 Å². The molecule has 5 rings (SSSR count). The zero-order chi connectivity index (χ0) is 30.9. The van der Waals surface area contributed by atoms with Gasteiger partial charge >= 0.3 is 0 Å². The lowest BCUT2D eigenvalue weighted by atomic mass is 9.42. The molecular formula is C40H70Cl2O2. The van der Waals surface area contributed by atoms with Crippen molar-refractivity contribution in [3.63, 3.8) is 0 Å². The Bertz CT molecular complexity index is 732. The number of rotatable bonds is 16. The van der Waals surface area contributed by atoms with Crippen LogP contribution in [-0.2, 0) is 9.47 Å². The van der Waals surface area contributed by atoms with Crippen LogP contribution in [0.3, 0.4) is 0 Å². The van der Waals surface area contributed by atoms with Gasteiger partial charge in [0.15, 0.2) is 0 Å². The second-order valence-electron chi connectivity index (χ2n) is 16.6. The molecule has 0 atom stereocenters. The summed E-state index contributed by atoms with van der Waals surface area (Å²) in [5.74, 6) is 3.61. The maximum absolute atomic E-state index is 7.49. The lowest BCUT2D eigenvalue weighted by Gasteiger charge is -2.69. The van der Waals surface area contributed by atoms with Crippen LogP contribution in [0.2, 0.25) is 0 Å². The zero-order valence-electron chi connectivity index (χ0n) is 29.0. The third kappa shape index (κ3) is 8.55. The van der Waals surface area contributed by atoms with E-state index in [9.17, 15) is 0 Å². The fourth-order valence-corrected chi connectivity index (χ4v) is 12.0. The van der Waals surface area contributed by atoms with Gasteiger partial charge in [0.05, 0.1) is 12.2 Å². The van der Waals surface area contributed by atoms with Crippen LogP contribution in [0.5, 0.6) is 0 Å². The van der Waals surface area contributed by atoms with Gasteiger partial charge in [0, 0.05) is 24.0 Å². The Kier molecular flexibility index (Phi) is 14.0. The minimum atomic E-state index is -0.499. The number of hydrogen-bond acceptors (Lipinski definition) is 2. The van der Waals surface area contributed by atoms with Crippen LogP contribution in [-0.4, -0.2) is 29.8 Å². The lowest BCUT2D eigenvalue weighted by Crippen LogP contribution is -2.66. The molecule has 0 aromatic rings. The van der Waals surface area contributed by atoms with Crippen LogP contribution in [0, 0.1) is 34.5 Å². The van der Waals surface area contributed by atoms with Crippen LogP contribution in [0.15, 0.2) is 0 Å². The van der Waals surface area contributed by atoms with Crippen molar-refractivity contribution in [3.05, 3.63) is 0 Å². The van der Waals surface area contributed by atoms with Crippen molar-refractivity contribution in [1.29, 1.82) is 0 Å². The largest absolute Gasteiger partial charge is 0.378 e. The van der Waals surface area contributed by atoms with E-state index in [1.807, 2.05) is 0 Å². The summed E-state index contributed by atoms with van der Waals surface area (Å²) < 4.78 is 12.1. The van der Waals surface area contributed by atoms with E-state index in [0.717, 1.165) is 36.9 Å². The molecule has 0 saturated heterocycles. The van der Waals surface area contributed by atoms with E-state index in [1.165, 1.54) is 173 Å². The van der Waals surface area contributed by atoms with Gasteiger partial charge in [-0.25, -0.2) is 0 Å². The van der Waals surface area contributed by atoms with Gasteiger partial charge < -0.3 is 9.47 Å². The van der Waals surface area contributed by atoms with Gasteiger partial charge in [-0.15, -0.1) is 23.2 Å². The number of hydrogen-bond donors (Lipinski definition) is 0. The van der Waals surface area contributed by atoms with E-state index in [-0.39, 0.29) is 10.8 Å². The van der Waals surface area contributed by atoms with E-state index in [4.69, 9.17) is 32.7 Å². The summed E-state index contributed by atoms with van der Waals surface area (Å²) in [4.78, 5) is 0. The summed E-state index contributed by atoms with van der Waals surface area (Å²) in [7, 11) is 0. The van der Waals surface area contributed by atoms with Crippen LogP contribution in [0.4, 0.5) is 0 Å². The van der Waals surface area contributed by atoms with E-state index < -0.39 is 4.33 Å². The molecule has 0 unspecified atom stereocenters. The fraction of sp³-hybridized carbons (Fsp3) is 1.00. The molecule has 0 heterocycles. The molecule has 0 N–H and O–H groups in total. The predicted molar refractivity (Wildman–Crippen MR) is 189 cm³/mol. The highest BCUT2D eigenvalue weighted by atomic mass is 35.5. The van der Waals surface area contributed by atoms with Gasteiger partial charge in [0.25, 0.3) is 0 Å². The molecule has 4 heteroatoms. The van der Waals surface area contributed by atoms with Crippen molar-refractivity contribution in [1.82, 2.24) is 0 Å². The van der Waals surface area contributed by atoms with Crippen LogP contribution < -0.4 is 0 Å². The van der Waals surface area contributed by atoms with Gasteiger partial charge in [-0.1, -0.05) is 65.2 Å². The number of alkyl halides is 2. The first-order chi connectivity index (χ1) is 21.4. The Morgan fingerprint density at radius 2 is 0.795 bits per heavy atom. The molecule has 0 bridgehead atoms. The minimum absolute atomic E-state index is 0.198. The maximum Gasteiger partial charge on any atom is 0.129 e. The molecule has 0 aromatic carbocycles. The third-order valence-corrected chi connectivity index (χ3v) is 15.6. The Hall–Kier alpha value is 0.500. The van der Waals surface area contributed by atoms with Gasteiger partial charge in [-0.05, 0) is 146 Å². The van der Waals surface area contributed by atoms with Gasteiger partial charge in [-0.2, -0.15) is 0 Å². The summed E-state index contributed by atoms with van der Waals surface area (Å²) >= 11 is 15.0. The summed E-state index contributed by atoms with van der Waals surface area (Å²) in [6, 6.07) is 0. The molecule has 0 radical (unpaired) electrons. The molecule has 44 heavy (non-hydrogen) atoms. The van der Waals surface area contributed by atoms with E-state index in [0.29, 0.717) is 12.2 Å². The summed E-state index contributed by atoms with van der Waals surface area (Å²) in [6.45, 7) is 6.54. The molecule has 256 valence electrons. The highest BCUT2D eigenvalue weighted by Crippen LogP contribution is 2.77. The van der Waals surface area contributed by atoms with Crippen molar-refractivity contribution in [2.45, 2.75) is 204 Å². The van der Waals surface area contributed by atoms with Gasteiger partial charge in [0.2, 0.25) is 0 Å². The molecule has 2 nitrogen and oxygen atoms in total. The highest BCUT2D eigenvalue weighted by Gasteiger charge is 2.72. The van der Waals surface area contributed by atoms with Crippen molar-refractivity contribution in [2.75, 3.05) is 13.2 Å². The molecule has 0 amide bonds. The Morgan fingerprint density at radius 1 is 0.455 bits per heavy atom. The zero-order valence-corrected chi connectivity index (χ0v) is 30.6. The summed E-state index contributed by atoms with van der Waals surface area (Å²) in [5.41, 5.74) is 0.396. The molecule has 0 aromatic heterocycles. The van der Waals surface area contributed by atoms with Crippen LogP contribution in [0.25, 0.3) is 0 Å². The summed E-state index contributed by atoms with van der Waals surface area (Å²) in [5, 5.41) is 0. The molecule has 5 fully saturated rings. The second kappa shape index (κ2) is 17.2. The first kappa shape index (κ1) is 35.8. The van der Waals surface area contributed by atoms with Gasteiger partial charge in [-0.3, -0.25) is 0 Å². The molecule has 5 aliphatic carbocycles. The molecule has 5 aliphatic rings. The number of ether oxygens (including phenoxy) is 2. The SMILES string of the molecule is CCCCCCCOC1CCC(C2CCC3(CC2)CC2(CCC(C4CCC(OCCCCCCC)CC4)CC2)C3(Cl)Cl)CC1. The summed E-state index contributed by atoms with van der Waals surface area (Å²) in [6.07, 6.45) is 36.9. The Balaban J connectivity index is 0.968. The Labute approximate surface area is 283 Å². The second-order valence-corrected chi connectivity index (χ2v) is 18.0. The average molecular weight is 654 g/mol. The van der Waals surface area contributed by atoms with Crippen LogP contribution >= 0.6 is 23.2 Å². The quantitative estimate of drug-likeness (QED) is 0.122. The Morgan fingerprint density at radius 3 is 1.14 bits per heavy atom. The molecule has 0 aliphatic heterocycles. The van der Waals surface area contributed by atoms with Gasteiger partial charge in [0.1, 0.15) is 4.33 Å². The highest BCUT2D eigenvalue weighted by molar-refractivity contribution is 6.50. The third-order valence-electron chi connectivity index (χ3n) is 14.0. The van der Waals surface area contributed by atoms with E-state index in [2.05, 4.69) is 13.8 Å². The standard InChI is InChI=1S/C40H70Cl2O2/c1-3-5-7-9-11-29-43-36-17-13-32(14-18-36)34-21-25-38(26-22-34)31-39(40(38,41)42)27-23-35(24-28-39)33-15-19-37(20-16-33)44-30-12-10-8-6-4-2/h32-37H,3-31H2,1-2H3. The van der Waals surface area contributed by atoms with Crippen molar-refractivity contribution < 1.29 is 9.47 Å². The first-order valence-corrected chi connectivity index (χ1v) is 20.8. The lowest BCUT2D eigenvalue weighted by molar-refractivity contribution is -0.123. The number of unbranched alkanes of at least 4 members (excludes halogenated alkanes) is 8. The first-order valence-electron chi connectivity index (χ1n) is 20.0. The monoisotopic (exact) mass is 652 g/mol. The van der Waals surface area contributed by atoms with E-state index >= 15 is 0 Å². The minimum Gasteiger partial charge on any atom is -0.378 e. The average Bonchev–Trinajstić information content (AvgIpc) is 3.05. The maximum atomic E-state index is 7.49. The fourth-order valence-electron chi connectivity index (χ4n) is 11.0. The normalized spacial score (nSPS) is 39.0. The molecular weight excluding hydrogens is 583 g/mol. The topological polar surface area (TPSA) is 18.5 Å². The number of halogens is 2. The van der Waals surface area contributed by atoms with Crippen molar-refractivity contribution >= 4 is 23.2 Å². The van der Waals surface area contributed by atoms with Crippen LogP contribution in [0.1, 0.15) is 187 Å². The predicted octanol–water partition coefficient (Wildman–Crippen LogP) is 13.0. The molecule has 5 saturated carbocycles. The smallest absolute Gasteiger partial charge is 0.129 e.